The summed E-state index contributed by atoms with van der Waals surface area (Å²) in [5, 5.41) is 0. The van der Waals surface area contributed by atoms with Crippen LogP contribution in [0.15, 0.2) is 0 Å². The molecular formula is C18H26F8O4. The molecule has 0 aliphatic heterocycles. The molecule has 1 atom stereocenters. The van der Waals surface area contributed by atoms with E-state index in [-0.39, 0.29) is 18.9 Å². The van der Waals surface area contributed by atoms with Crippen LogP contribution < -0.4 is 0 Å². The Morgan fingerprint density at radius 2 is 1.43 bits per heavy atom. The van der Waals surface area contributed by atoms with Crippen LogP contribution in [0, 0.1) is 0 Å². The number of hydrogen-bond donors (Lipinski definition) is 0. The third kappa shape index (κ3) is 8.25. The lowest BCUT2D eigenvalue weighted by Crippen LogP contribution is -2.59. The number of unbranched alkanes of at least 4 members (excludes halogenated alkanes) is 2. The first-order valence-corrected chi connectivity index (χ1v) is 9.49. The Hall–Kier alpha value is -1.62. The van der Waals surface area contributed by atoms with E-state index >= 15 is 0 Å². The summed E-state index contributed by atoms with van der Waals surface area (Å²) in [5.74, 6) is -20.6. The van der Waals surface area contributed by atoms with Crippen LogP contribution in [0.2, 0.25) is 0 Å². The third-order valence-electron chi connectivity index (χ3n) is 4.21. The SMILES string of the molecule is CCCCCC(CC)OC(=O)CCCC(=O)OCC(F)(F)C(F)(F)C(F)(F)C(F)F. The highest BCUT2D eigenvalue weighted by atomic mass is 19.4. The quantitative estimate of drug-likeness (QED) is 0.178. The fourth-order valence-electron chi connectivity index (χ4n) is 2.31. The molecule has 12 heteroatoms. The van der Waals surface area contributed by atoms with Crippen LogP contribution in [0.3, 0.4) is 0 Å². The number of carbonyl (C=O) groups excluding carboxylic acids is 2. The highest BCUT2D eigenvalue weighted by molar-refractivity contribution is 5.72. The minimum absolute atomic E-state index is 0.224. The normalized spacial score (nSPS) is 14.0. The molecule has 0 saturated carbocycles. The monoisotopic (exact) mass is 458 g/mol. The molecule has 0 bridgehead atoms. The van der Waals surface area contributed by atoms with Gasteiger partial charge in [-0.2, -0.15) is 26.3 Å². The Morgan fingerprint density at radius 3 is 1.93 bits per heavy atom. The molecule has 0 rings (SSSR count). The Kier molecular flexibility index (Phi) is 11.6. The molecule has 0 aromatic rings. The summed E-state index contributed by atoms with van der Waals surface area (Å²) in [6.45, 7) is 1.31. The molecule has 0 N–H and O–H groups in total. The van der Waals surface area contributed by atoms with Crippen LogP contribution in [0.5, 0.6) is 0 Å². The molecule has 0 saturated heterocycles. The van der Waals surface area contributed by atoms with Crippen LogP contribution >= 0.6 is 0 Å². The van der Waals surface area contributed by atoms with Crippen molar-refractivity contribution in [2.24, 2.45) is 0 Å². The van der Waals surface area contributed by atoms with E-state index in [1.165, 1.54) is 0 Å². The lowest BCUT2D eigenvalue weighted by atomic mass is 10.1. The lowest BCUT2D eigenvalue weighted by molar-refractivity contribution is -0.344. The number of ether oxygens (including phenoxy) is 2. The third-order valence-corrected chi connectivity index (χ3v) is 4.21. The zero-order valence-corrected chi connectivity index (χ0v) is 16.7. The van der Waals surface area contributed by atoms with E-state index in [2.05, 4.69) is 4.74 Å². The summed E-state index contributed by atoms with van der Waals surface area (Å²) in [4.78, 5) is 23.0. The molecule has 0 amide bonds. The second-order valence-corrected chi connectivity index (χ2v) is 6.73. The molecule has 0 fully saturated rings. The van der Waals surface area contributed by atoms with Gasteiger partial charge in [-0.25, -0.2) is 8.78 Å². The van der Waals surface area contributed by atoms with Gasteiger partial charge in [0.2, 0.25) is 0 Å². The van der Waals surface area contributed by atoms with Gasteiger partial charge in [0, 0.05) is 12.8 Å². The molecule has 0 aliphatic carbocycles. The number of esters is 2. The van der Waals surface area contributed by atoms with Gasteiger partial charge in [-0.3, -0.25) is 9.59 Å². The number of halogens is 8. The maximum Gasteiger partial charge on any atom is 0.381 e. The number of rotatable bonds is 15. The molecular weight excluding hydrogens is 432 g/mol. The van der Waals surface area contributed by atoms with Crippen LogP contribution in [0.25, 0.3) is 0 Å². The summed E-state index contributed by atoms with van der Waals surface area (Å²) in [7, 11) is 0. The van der Waals surface area contributed by atoms with Gasteiger partial charge in [-0.05, 0) is 25.7 Å². The highest BCUT2D eigenvalue weighted by Crippen LogP contribution is 2.48. The van der Waals surface area contributed by atoms with Gasteiger partial charge in [0.15, 0.2) is 6.61 Å². The van der Waals surface area contributed by atoms with Gasteiger partial charge in [0.25, 0.3) is 0 Å². The van der Waals surface area contributed by atoms with E-state index in [0.29, 0.717) is 12.8 Å². The first-order valence-electron chi connectivity index (χ1n) is 9.49. The first-order chi connectivity index (χ1) is 13.7. The van der Waals surface area contributed by atoms with Crippen molar-refractivity contribution in [3.63, 3.8) is 0 Å². The number of alkyl halides is 8. The fourth-order valence-corrected chi connectivity index (χ4v) is 2.31. The number of carbonyl (C=O) groups is 2. The largest absolute Gasteiger partial charge is 0.462 e. The summed E-state index contributed by atoms with van der Waals surface area (Å²) in [6, 6.07) is 0. The maximum atomic E-state index is 13.3. The van der Waals surface area contributed by atoms with Crippen LogP contribution in [0.1, 0.15) is 65.2 Å². The Balaban J connectivity index is 4.44. The van der Waals surface area contributed by atoms with Crippen molar-refractivity contribution in [1.29, 1.82) is 0 Å². The predicted molar refractivity (Wildman–Crippen MR) is 90.0 cm³/mol. The zero-order chi connectivity index (χ0) is 23.6. The minimum atomic E-state index is -6.44. The van der Waals surface area contributed by atoms with E-state index in [1.54, 1.807) is 0 Å². The highest BCUT2D eigenvalue weighted by Gasteiger charge is 2.75. The molecule has 0 heterocycles. The fraction of sp³-hybridized carbons (Fsp3) is 0.889. The minimum Gasteiger partial charge on any atom is -0.462 e. The van der Waals surface area contributed by atoms with E-state index in [1.807, 2.05) is 13.8 Å². The van der Waals surface area contributed by atoms with Crippen molar-refractivity contribution < 1.29 is 54.2 Å². The van der Waals surface area contributed by atoms with Gasteiger partial charge < -0.3 is 9.47 Å². The molecule has 178 valence electrons. The van der Waals surface area contributed by atoms with E-state index < -0.39 is 49.2 Å². The Morgan fingerprint density at radius 1 is 0.867 bits per heavy atom. The van der Waals surface area contributed by atoms with Crippen molar-refractivity contribution in [2.45, 2.75) is 95.5 Å². The summed E-state index contributed by atoms with van der Waals surface area (Å²) in [5.41, 5.74) is 0. The van der Waals surface area contributed by atoms with Gasteiger partial charge in [0.05, 0.1) is 0 Å². The van der Waals surface area contributed by atoms with Crippen molar-refractivity contribution in [3.8, 4) is 0 Å². The van der Waals surface area contributed by atoms with E-state index in [0.717, 1.165) is 19.3 Å². The summed E-state index contributed by atoms with van der Waals surface area (Å²) < 4.78 is 111. The molecule has 4 nitrogen and oxygen atoms in total. The molecule has 0 aromatic heterocycles. The second kappa shape index (κ2) is 12.3. The maximum absolute atomic E-state index is 13.3. The average molecular weight is 458 g/mol. The molecule has 0 aliphatic rings. The average Bonchev–Trinajstić information content (AvgIpc) is 2.65. The zero-order valence-electron chi connectivity index (χ0n) is 16.7. The van der Waals surface area contributed by atoms with Crippen molar-refractivity contribution >= 4 is 11.9 Å². The lowest BCUT2D eigenvalue weighted by Gasteiger charge is -2.31. The van der Waals surface area contributed by atoms with Gasteiger partial charge in [-0.15, -0.1) is 0 Å². The van der Waals surface area contributed by atoms with Gasteiger partial charge >= 0.3 is 36.1 Å². The second-order valence-electron chi connectivity index (χ2n) is 6.73. The predicted octanol–water partition coefficient (Wildman–Crippen LogP) is 5.77. The molecule has 0 aromatic carbocycles. The van der Waals surface area contributed by atoms with Crippen LogP contribution in [0.4, 0.5) is 35.1 Å². The van der Waals surface area contributed by atoms with E-state index in [9.17, 15) is 44.7 Å². The molecule has 0 spiro atoms. The van der Waals surface area contributed by atoms with Crippen LogP contribution in [-0.4, -0.2) is 48.8 Å². The van der Waals surface area contributed by atoms with Crippen LogP contribution in [-0.2, 0) is 19.1 Å². The van der Waals surface area contributed by atoms with Gasteiger partial charge in [-0.1, -0.05) is 26.7 Å². The molecule has 1 unspecified atom stereocenters. The van der Waals surface area contributed by atoms with E-state index in [4.69, 9.17) is 4.74 Å². The van der Waals surface area contributed by atoms with Gasteiger partial charge in [0.1, 0.15) is 6.10 Å². The number of hydrogen-bond acceptors (Lipinski definition) is 4. The first kappa shape index (κ1) is 28.4. The van der Waals surface area contributed by atoms with Crippen molar-refractivity contribution in [3.05, 3.63) is 0 Å². The molecule has 0 radical (unpaired) electrons. The Bertz CT molecular complexity index is 540. The smallest absolute Gasteiger partial charge is 0.381 e. The van der Waals surface area contributed by atoms with Crippen molar-refractivity contribution in [1.82, 2.24) is 0 Å². The summed E-state index contributed by atoms with van der Waals surface area (Å²) >= 11 is 0. The Labute approximate surface area is 169 Å². The molecule has 30 heavy (non-hydrogen) atoms. The summed E-state index contributed by atoms with van der Waals surface area (Å²) in [6.07, 6.45) is -2.48. The standard InChI is InChI=1S/C18H26F8O4/c1-3-5-6-8-12(4-2)30-14(28)10-7-9-13(27)29-11-16(21,22)18(25,26)17(23,24)15(19)20/h12,15H,3-11H2,1-2H3. The van der Waals surface area contributed by atoms with Crippen molar-refractivity contribution in [2.75, 3.05) is 6.61 Å². The topological polar surface area (TPSA) is 52.6 Å².